The lowest BCUT2D eigenvalue weighted by molar-refractivity contribution is -0.116. The van der Waals surface area contributed by atoms with E-state index >= 15 is 0 Å². The summed E-state index contributed by atoms with van der Waals surface area (Å²) < 4.78 is 5.58. The van der Waals surface area contributed by atoms with Crippen molar-refractivity contribution < 1.29 is 14.4 Å². The number of hydrogen-bond acceptors (Lipinski definition) is 5. The maximum Gasteiger partial charge on any atom is 0.168 e. The predicted molar refractivity (Wildman–Crippen MR) is 102 cm³/mol. The summed E-state index contributed by atoms with van der Waals surface area (Å²) in [6.07, 6.45) is 5.66. The lowest BCUT2D eigenvalue weighted by atomic mass is 9.82. The molecule has 1 aliphatic rings. The quantitative estimate of drug-likeness (QED) is 0.233. The average Bonchev–Trinajstić information content (AvgIpc) is 2.54. The van der Waals surface area contributed by atoms with E-state index in [9.17, 15) is 4.79 Å². The predicted octanol–water partition coefficient (Wildman–Crippen LogP) is 4.76. The fourth-order valence-corrected chi connectivity index (χ4v) is 4.05. The van der Waals surface area contributed by atoms with Crippen LogP contribution in [0.3, 0.4) is 0 Å². The zero-order chi connectivity index (χ0) is 17.9. The number of methoxy groups -OCH3 is 1. The highest BCUT2D eigenvalue weighted by molar-refractivity contribution is 7.99. The summed E-state index contributed by atoms with van der Waals surface area (Å²) in [4.78, 5) is 18.0. The number of carbonyl (C=O) groups excluding carboxylic acids is 1. The van der Waals surface area contributed by atoms with Crippen molar-refractivity contribution in [3.05, 3.63) is 24.0 Å². The summed E-state index contributed by atoms with van der Waals surface area (Å²) in [5.74, 6) is 2.35. The van der Waals surface area contributed by atoms with Gasteiger partial charge < -0.3 is 9.57 Å². The molecule has 24 heavy (non-hydrogen) atoms. The summed E-state index contributed by atoms with van der Waals surface area (Å²) in [5.41, 5.74) is 1.34. The minimum absolute atomic E-state index is 0.131. The molecule has 1 aliphatic carbocycles. The topological polar surface area (TPSA) is 47.9 Å². The molecule has 0 aromatic rings. The molecule has 2 atom stereocenters. The smallest absolute Gasteiger partial charge is 0.168 e. The Morgan fingerprint density at radius 1 is 1.46 bits per heavy atom. The van der Waals surface area contributed by atoms with E-state index in [-0.39, 0.29) is 5.78 Å². The van der Waals surface area contributed by atoms with Crippen molar-refractivity contribution in [3.8, 4) is 0 Å². The first-order valence-corrected chi connectivity index (χ1v) is 9.84. The van der Waals surface area contributed by atoms with Crippen LogP contribution in [0.1, 0.15) is 52.9 Å². The zero-order valence-corrected chi connectivity index (χ0v) is 16.3. The molecule has 0 aliphatic heterocycles. The molecule has 0 radical (unpaired) electrons. The van der Waals surface area contributed by atoms with Crippen LogP contribution in [-0.4, -0.2) is 36.2 Å². The summed E-state index contributed by atoms with van der Waals surface area (Å²) in [6.45, 7) is 10.4. The van der Waals surface area contributed by atoms with Gasteiger partial charge in [0.25, 0.3) is 0 Å². The molecular weight excluding hydrogens is 322 g/mol. The highest BCUT2D eigenvalue weighted by Crippen LogP contribution is 2.34. The van der Waals surface area contributed by atoms with E-state index < -0.39 is 0 Å². The van der Waals surface area contributed by atoms with Gasteiger partial charge in [0.1, 0.15) is 12.4 Å². The van der Waals surface area contributed by atoms with Crippen LogP contribution in [0.4, 0.5) is 0 Å². The summed E-state index contributed by atoms with van der Waals surface area (Å²) >= 11 is 1.94. The van der Waals surface area contributed by atoms with Crippen LogP contribution in [0, 0.1) is 5.92 Å². The number of Topliss-reactive ketones (excluding diaryl/α,β-unsaturated/α-hetero) is 1. The molecule has 0 amide bonds. The number of oxime groups is 1. The van der Waals surface area contributed by atoms with Gasteiger partial charge in [-0.05, 0) is 24.5 Å². The van der Waals surface area contributed by atoms with Gasteiger partial charge in [-0.3, -0.25) is 4.79 Å². The van der Waals surface area contributed by atoms with Gasteiger partial charge in [-0.1, -0.05) is 45.0 Å². The van der Waals surface area contributed by atoms with Gasteiger partial charge in [0.05, 0.1) is 18.4 Å². The van der Waals surface area contributed by atoms with Gasteiger partial charge >= 0.3 is 0 Å². The first-order chi connectivity index (χ1) is 11.6. The normalized spacial score (nSPS) is 20.1. The van der Waals surface area contributed by atoms with Gasteiger partial charge in [0, 0.05) is 18.1 Å². The Kier molecular flexibility index (Phi) is 9.84. The molecule has 0 aromatic carbocycles. The maximum absolute atomic E-state index is 12.8. The Bertz CT molecular complexity index is 485. The highest BCUT2D eigenvalue weighted by atomic mass is 32.2. The van der Waals surface area contributed by atoms with E-state index in [4.69, 9.17) is 9.57 Å². The molecular formula is C19H31NO3S. The monoisotopic (exact) mass is 353 g/mol. The third kappa shape index (κ3) is 6.34. The first-order valence-electron chi connectivity index (χ1n) is 8.79. The molecule has 0 bridgehead atoms. The molecule has 0 saturated heterocycles. The molecule has 0 heterocycles. The van der Waals surface area contributed by atoms with Gasteiger partial charge in [-0.25, -0.2) is 0 Å². The number of nitrogens with zero attached hydrogens (tertiary/aromatic N) is 1. The minimum atomic E-state index is 0.131. The maximum atomic E-state index is 12.8. The van der Waals surface area contributed by atoms with Gasteiger partial charge in [0.2, 0.25) is 0 Å². The van der Waals surface area contributed by atoms with E-state index in [1.54, 1.807) is 13.2 Å². The molecule has 136 valence electrons. The number of ketones is 1. The van der Waals surface area contributed by atoms with Crippen molar-refractivity contribution in [2.24, 2.45) is 11.1 Å². The molecule has 0 N–H and O–H groups in total. The summed E-state index contributed by atoms with van der Waals surface area (Å²) in [6, 6.07) is 0. The number of carbonyl (C=O) groups is 1. The Morgan fingerprint density at radius 2 is 2.21 bits per heavy atom. The van der Waals surface area contributed by atoms with Crippen LogP contribution >= 0.6 is 11.8 Å². The van der Waals surface area contributed by atoms with Crippen molar-refractivity contribution >= 4 is 23.3 Å². The molecule has 0 fully saturated rings. The van der Waals surface area contributed by atoms with E-state index in [0.717, 1.165) is 30.8 Å². The Labute approximate surface area is 150 Å². The molecule has 5 heteroatoms. The standard InChI is InChI=1S/C19H31NO3S/c1-6-9-16(20-23-10-7-2)19-17(21)12-15(13-18(19)22-5)11-14(4)24-8-3/h7,14-15H,2,6,8-13H2,1,3-5H3/b20-16-/t14-,15+/m0/s1. The van der Waals surface area contributed by atoms with Gasteiger partial charge in [0.15, 0.2) is 5.78 Å². The molecule has 0 spiro atoms. The first kappa shape index (κ1) is 20.8. The number of rotatable bonds is 11. The van der Waals surface area contributed by atoms with Crippen molar-refractivity contribution in [3.63, 3.8) is 0 Å². The second kappa shape index (κ2) is 11.3. The molecule has 0 aromatic heterocycles. The van der Waals surface area contributed by atoms with Crippen LogP contribution in [0.15, 0.2) is 29.1 Å². The largest absolute Gasteiger partial charge is 0.500 e. The number of ether oxygens (including phenoxy) is 1. The van der Waals surface area contributed by atoms with Crippen LogP contribution in [0.25, 0.3) is 0 Å². The highest BCUT2D eigenvalue weighted by Gasteiger charge is 2.32. The Hall–Kier alpha value is -1.23. The Morgan fingerprint density at radius 3 is 2.79 bits per heavy atom. The molecule has 0 unspecified atom stereocenters. The number of thioether (sulfide) groups is 1. The van der Waals surface area contributed by atoms with Crippen LogP contribution < -0.4 is 0 Å². The minimum Gasteiger partial charge on any atom is -0.500 e. The van der Waals surface area contributed by atoms with Crippen molar-refractivity contribution in [2.45, 2.75) is 58.1 Å². The zero-order valence-electron chi connectivity index (χ0n) is 15.5. The summed E-state index contributed by atoms with van der Waals surface area (Å²) in [5, 5.41) is 4.74. The average molecular weight is 354 g/mol. The second-order valence-electron chi connectivity index (χ2n) is 6.07. The van der Waals surface area contributed by atoms with E-state index in [0.29, 0.717) is 41.9 Å². The number of hydrogen-bond donors (Lipinski definition) is 0. The van der Waals surface area contributed by atoms with Gasteiger partial charge in [-0.2, -0.15) is 11.8 Å². The third-order valence-corrected chi connectivity index (χ3v) is 5.11. The number of allylic oxidation sites excluding steroid dienone is 2. The van der Waals surface area contributed by atoms with Gasteiger partial charge in [-0.15, -0.1) is 0 Å². The third-order valence-electron chi connectivity index (χ3n) is 4.01. The second-order valence-corrected chi connectivity index (χ2v) is 7.79. The Balaban J connectivity index is 2.97. The van der Waals surface area contributed by atoms with Crippen molar-refractivity contribution in [1.82, 2.24) is 0 Å². The molecule has 0 saturated carbocycles. The van der Waals surface area contributed by atoms with Crippen LogP contribution in [0.5, 0.6) is 0 Å². The lowest BCUT2D eigenvalue weighted by Gasteiger charge is -2.27. The van der Waals surface area contributed by atoms with E-state index in [1.165, 1.54) is 0 Å². The fourth-order valence-electron chi connectivity index (χ4n) is 3.07. The summed E-state index contributed by atoms with van der Waals surface area (Å²) in [7, 11) is 1.64. The van der Waals surface area contributed by atoms with Crippen LogP contribution in [-0.2, 0) is 14.4 Å². The molecule has 4 nitrogen and oxygen atoms in total. The van der Waals surface area contributed by atoms with E-state index in [2.05, 4.69) is 32.5 Å². The fraction of sp³-hybridized carbons (Fsp3) is 0.684. The molecule has 1 rings (SSSR count). The lowest BCUT2D eigenvalue weighted by Crippen LogP contribution is -2.26. The van der Waals surface area contributed by atoms with Crippen molar-refractivity contribution in [2.75, 3.05) is 19.5 Å². The SMILES string of the molecule is C=CCO/N=C(/CCC)C1=C(OC)C[C@H](C[C@H](C)SCC)CC1=O. The van der Waals surface area contributed by atoms with E-state index in [1.807, 2.05) is 11.8 Å². The van der Waals surface area contributed by atoms with Crippen molar-refractivity contribution in [1.29, 1.82) is 0 Å². The van der Waals surface area contributed by atoms with Crippen LogP contribution in [0.2, 0.25) is 0 Å².